The molecule has 0 saturated heterocycles. The first-order valence-corrected chi connectivity index (χ1v) is 10.0. The van der Waals surface area contributed by atoms with E-state index in [1.165, 1.54) is 26.2 Å². The summed E-state index contributed by atoms with van der Waals surface area (Å²) in [4.78, 5) is 11.1. The number of rotatable bonds is 6. The molecule has 0 aliphatic carbocycles. The van der Waals surface area contributed by atoms with Crippen LogP contribution in [0.5, 0.6) is 5.75 Å². The fourth-order valence-corrected chi connectivity index (χ4v) is 4.01. The van der Waals surface area contributed by atoms with Crippen molar-refractivity contribution in [2.75, 3.05) is 17.1 Å². The molecule has 0 fully saturated rings. The zero-order chi connectivity index (χ0) is 22.1. The van der Waals surface area contributed by atoms with Crippen molar-refractivity contribution in [2.24, 2.45) is 0 Å². The predicted molar refractivity (Wildman–Crippen MR) is 105 cm³/mol. The Morgan fingerprint density at radius 3 is 2.50 bits per heavy atom. The quantitative estimate of drug-likeness (QED) is 0.609. The molecule has 2 aromatic carbocycles. The Morgan fingerprint density at radius 2 is 1.87 bits per heavy atom. The molecule has 0 atom stereocenters. The number of sulfonamides is 1. The number of halogens is 2. The topological polar surface area (TPSA) is 111 Å². The van der Waals surface area contributed by atoms with E-state index in [4.69, 9.17) is 9.26 Å². The van der Waals surface area contributed by atoms with E-state index in [1.54, 1.807) is 13.0 Å². The van der Waals surface area contributed by atoms with Gasteiger partial charge in [-0.15, -0.1) is 0 Å². The van der Waals surface area contributed by atoms with Gasteiger partial charge in [-0.3, -0.25) is 14.8 Å². The summed E-state index contributed by atoms with van der Waals surface area (Å²) in [5.74, 6) is -2.62. The highest BCUT2D eigenvalue weighted by Crippen LogP contribution is 2.36. The first-order chi connectivity index (χ1) is 14.1. The van der Waals surface area contributed by atoms with Crippen molar-refractivity contribution < 1.29 is 31.3 Å². The molecule has 2 N–H and O–H groups in total. The van der Waals surface area contributed by atoms with Gasteiger partial charge in [-0.05, 0) is 36.8 Å². The van der Waals surface area contributed by atoms with E-state index in [-0.39, 0.29) is 22.2 Å². The third-order valence-electron chi connectivity index (χ3n) is 4.07. The van der Waals surface area contributed by atoms with Gasteiger partial charge < -0.3 is 9.26 Å². The Hall–Kier alpha value is -3.47. The fourth-order valence-electron chi connectivity index (χ4n) is 2.77. The molecule has 0 unspecified atom stereocenters. The molecule has 158 valence electrons. The van der Waals surface area contributed by atoms with Gasteiger partial charge in [-0.1, -0.05) is 11.2 Å². The predicted octanol–water partition coefficient (Wildman–Crippen LogP) is 3.70. The van der Waals surface area contributed by atoms with Crippen LogP contribution < -0.4 is 14.8 Å². The summed E-state index contributed by atoms with van der Waals surface area (Å²) in [6.07, 6.45) is 0. The van der Waals surface area contributed by atoms with Crippen LogP contribution in [-0.4, -0.2) is 26.6 Å². The number of amides is 1. The van der Waals surface area contributed by atoms with Gasteiger partial charge in [0.1, 0.15) is 10.6 Å². The minimum absolute atomic E-state index is 0.0176. The highest BCUT2D eigenvalue weighted by atomic mass is 32.2. The van der Waals surface area contributed by atoms with Crippen LogP contribution in [0.1, 0.15) is 12.6 Å². The molecule has 0 radical (unpaired) electrons. The van der Waals surface area contributed by atoms with Crippen LogP contribution in [0, 0.1) is 18.6 Å². The fraction of sp³-hybridized carbons (Fsp3) is 0.158. The van der Waals surface area contributed by atoms with Gasteiger partial charge >= 0.3 is 0 Å². The average Bonchev–Trinajstić information content (AvgIpc) is 3.03. The maximum Gasteiger partial charge on any atom is 0.265 e. The standard InChI is InChI=1S/C19H17F2N3O5S/c1-10-18(19(29-23-10)22-11(2)25)12-4-7-16(28-3)17(8-12)30(26,27)24-13-5-6-14(20)15(21)9-13/h4-9,24H,1-3H3,(H,22,25). The van der Waals surface area contributed by atoms with E-state index in [1.807, 2.05) is 0 Å². The van der Waals surface area contributed by atoms with Crippen molar-refractivity contribution in [1.82, 2.24) is 5.16 Å². The molecule has 3 rings (SSSR count). The van der Waals surface area contributed by atoms with Gasteiger partial charge in [0.15, 0.2) is 11.6 Å². The van der Waals surface area contributed by atoms with Gasteiger partial charge in [0, 0.05) is 13.0 Å². The molecular formula is C19H17F2N3O5S. The van der Waals surface area contributed by atoms with Gasteiger partial charge in [0.2, 0.25) is 11.8 Å². The molecule has 1 amide bonds. The molecule has 0 spiro atoms. The number of carbonyl (C=O) groups is 1. The van der Waals surface area contributed by atoms with Crippen LogP contribution in [0.4, 0.5) is 20.4 Å². The minimum Gasteiger partial charge on any atom is -0.495 e. The Bertz CT molecular complexity index is 1220. The Kier molecular flexibility index (Phi) is 5.74. The van der Waals surface area contributed by atoms with Crippen LogP contribution in [0.2, 0.25) is 0 Å². The number of hydrogen-bond acceptors (Lipinski definition) is 6. The van der Waals surface area contributed by atoms with Crippen molar-refractivity contribution in [2.45, 2.75) is 18.7 Å². The largest absolute Gasteiger partial charge is 0.495 e. The Morgan fingerprint density at radius 1 is 1.13 bits per heavy atom. The number of carbonyl (C=O) groups excluding carboxylic acids is 1. The molecular weight excluding hydrogens is 420 g/mol. The molecule has 0 aliphatic heterocycles. The molecule has 0 bridgehead atoms. The summed E-state index contributed by atoms with van der Waals surface area (Å²) >= 11 is 0. The van der Waals surface area contributed by atoms with Crippen LogP contribution in [0.25, 0.3) is 11.1 Å². The minimum atomic E-state index is -4.25. The third kappa shape index (κ3) is 4.25. The Labute approximate surface area is 170 Å². The van der Waals surface area contributed by atoms with E-state index in [2.05, 4.69) is 15.2 Å². The average molecular weight is 437 g/mol. The molecule has 30 heavy (non-hydrogen) atoms. The Balaban J connectivity index is 2.08. The van der Waals surface area contributed by atoms with Crippen LogP contribution >= 0.6 is 0 Å². The van der Waals surface area contributed by atoms with Crippen molar-refractivity contribution in [3.8, 4) is 16.9 Å². The molecule has 1 heterocycles. The summed E-state index contributed by atoms with van der Waals surface area (Å²) in [6.45, 7) is 2.92. The number of benzene rings is 2. The van der Waals surface area contributed by atoms with Gasteiger partial charge in [0.25, 0.3) is 10.0 Å². The number of anilines is 2. The molecule has 8 nitrogen and oxygen atoms in total. The zero-order valence-corrected chi connectivity index (χ0v) is 16.9. The normalized spacial score (nSPS) is 11.2. The molecule has 0 saturated carbocycles. The molecule has 1 aromatic heterocycles. The summed E-state index contributed by atoms with van der Waals surface area (Å²) in [7, 11) is -2.96. The van der Waals surface area contributed by atoms with Gasteiger partial charge in [-0.25, -0.2) is 17.2 Å². The monoisotopic (exact) mass is 437 g/mol. The first-order valence-electron chi connectivity index (χ1n) is 8.52. The summed E-state index contributed by atoms with van der Waals surface area (Å²) < 4.78 is 64.9. The van der Waals surface area contributed by atoms with Crippen LogP contribution in [0.3, 0.4) is 0 Å². The third-order valence-corrected chi connectivity index (χ3v) is 5.47. The lowest BCUT2D eigenvalue weighted by molar-refractivity contribution is -0.114. The number of aryl methyl sites for hydroxylation is 1. The number of methoxy groups -OCH3 is 1. The summed E-state index contributed by atoms with van der Waals surface area (Å²) in [5.41, 5.74) is 1.02. The van der Waals surface area contributed by atoms with E-state index in [0.717, 1.165) is 18.2 Å². The lowest BCUT2D eigenvalue weighted by Gasteiger charge is -2.13. The number of nitrogens with zero attached hydrogens (tertiary/aromatic N) is 1. The van der Waals surface area contributed by atoms with Crippen molar-refractivity contribution in [1.29, 1.82) is 0 Å². The number of nitrogens with one attached hydrogen (secondary N) is 2. The number of aromatic nitrogens is 1. The second-order valence-electron chi connectivity index (χ2n) is 6.25. The van der Waals surface area contributed by atoms with E-state index in [9.17, 15) is 22.0 Å². The summed E-state index contributed by atoms with van der Waals surface area (Å²) in [5, 5.41) is 6.29. The van der Waals surface area contributed by atoms with Gasteiger partial charge in [-0.2, -0.15) is 0 Å². The lowest BCUT2D eigenvalue weighted by Crippen LogP contribution is -2.14. The maximum atomic E-state index is 13.5. The molecule has 11 heteroatoms. The second-order valence-corrected chi connectivity index (χ2v) is 7.90. The smallest absolute Gasteiger partial charge is 0.265 e. The van der Waals surface area contributed by atoms with E-state index >= 15 is 0 Å². The van der Waals surface area contributed by atoms with Crippen molar-refractivity contribution in [3.05, 3.63) is 53.7 Å². The van der Waals surface area contributed by atoms with Crippen LogP contribution in [0.15, 0.2) is 45.8 Å². The van der Waals surface area contributed by atoms with Crippen molar-refractivity contribution >= 4 is 27.5 Å². The number of ether oxygens (including phenoxy) is 1. The summed E-state index contributed by atoms with van der Waals surface area (Å²) in [6, 6.07) is 6.90. The highest BCUT2D eigenvalue weighted by molar-refractivity contribution is 7.92. The zero-order valence-electron chi connectivity index (χ0n) is 16.1. The van der Waals surface area contributed by atoms with Gasteiger partial charge in [0.05, 0.1) is 24.1 Å². The lowest BCUT2D eigenvalue weighted by atomic mass is 10.1. The molecule has 3 aromatic rings. The van der Waals surface area contributed by atoms with Crippen molar-refractivity contribution in [3.63, 3.8) is 0 Å². The van der Waals surface area contributed by atoms with E-state index < -0.39 is 27.6 Å². The molecule has 0 aliphatic rings. The first kappa shape index (κ1) is 21.2. The maximum absolute atomic E-state index is 13.5. The number of hydrogen-bond donors (Lipinski definition) is 2. The van der Waals surface area contributed by atoms with Crippen LogP contribution in [-0.2, 0) is 14.8 Å². The SMILES string of the molecule is COc1ccc(-c2c(C)noc2NC(C)=O)cc1S(=O)(=O)Nc1ccc(F)c(F)c1. The highest BCUT2D eigenvalue weighted by Gasteiger charge is 2.24. The second kappa shape index (κ2) is 8.11. The van der Waals surface area contributed by atoms with E-state index in [0.29, 0.717) is 16.8 Å².